The topological polar surface area (TPSA) is 46.5 Å². The van der Waals surface area contributed by atoms with Crippen molar-refractivity contribution in [1.29, 1.82) is 0 Å². The molecule has 0 bridgehead atoms. The van der Waals surface area contributed by atoms with E-state index in [1.807, 2.05) is 60.7 Å². The van der Waals surface area contributed by atoms with Crippen LogP contribution in [0.2, 0.25) is 0 Å². The van der Waals surface area contributed by atoms with E-state index >= 15 is 0 Å². The largest absolute Gasteiger partial charge is 0.478 e. The van der Waals surface area contributed by atoms with Crippen LogP contribution >= 0.6 is 15.9 Å². The quantitative estimate of drug-likeness (QED) is 0.709. The fourth-order valence-electron chi connectivity index (χ4n) is 2.42. The summed E-state index contributed by atoms with van der Waals surface area (Å²) in [5, 5.41) is 11.6. The molecule has 0 radical (unpaired) electrons. The van der Waals surface area contributed by atoms with Crippen molar-refractivity contribution in [3.8, 4) is 5.75 Å². The molecular formula is C19H15BrO3. The van der Waals surface area contributed by atoms with Crippen LogP contribution in [-0.2, 0) is 11.2 Å². The van der Waals surface area contributed by atoms with Crippen LogP contribution in [0.1, 0.15) is 5.56 Å². The predicted molar refractivity (Wildman–Crippen MR) is 93.8 cm³/mol. The molecule has 0 aliphatic heterocycles. The van der Waals surface area contributed by atoms with Crippen LogP contribution in [0.15, 0.2) is 71.2 Å². The average molecular weight is 371 g/mol. The van der Waals surface area contributed by atoms with Crippen molar-refractivity contribution < 1.29 is 14.6 Å². The van der Waals surface area contributed by atoms with Gasteiger partial charge in [-0.2, -0.15) is 0 Å². The third kappa shape index (κ3) is 3.90. The maximum atomic E-state index is 11.5. The average Bonchev–Trinajstić information content (AvgIpc) is 2.56. The zero-order valence-electron chi connectivity index (χ0n) is 12.3. The zero-order valence-corrected chi connectivity index (χ0v) is 13.9. The molecule has 0 heterocycles. The van der Waals surface area contributed by atoms with Gasteiger partial charge in [0.1, 0.15) is 5.75 Å². The number of carbonyl (C=O) groups is 1. The van der Waals surface area contributed by atoms with Gasteiger partial charge in [-0.15, -0.1) is 0 Å². The van der Waals surface area contributed by atoms with E-state index in [1.54, 1.807) is 6.07 Å². The van der Waals surface area contributed by atoms with Crippen LogP contribution in [0.4, 0.5) is 0 Å². The Morgan fingerprint density at radius 1 is 1.00 bits per heavy atom. The minimum Gasteiger partial charge on any atom is -0.478 e. The van der Waals surface area contributed by atoms with Gasteiger partial charge >= 0.3 is 5.97 Å². The molecule has 0 aliphatic rings. The number of benzene rings is 3. The maximum Gasteiger partial charge on any atom is 0.345 e. The Morgan fingerprint density at radius 3 is 2.39 bits per heavy atom. The summed E-state index contributed by atoms with van der Waals surface area (Å²) in [6.45, 7) is 0. The summed E-state index contributed by atoms with van der Waals surface area (Å²) in [6, 6.07) is 21.1. The first-order valence-corrected chi connectivity index (χ1v) is 8.04. The smallest absolute Gasteiger partial charge is 0.345 e. The second-order valence-electron chi connectivity index (χ2n) is 5.28. The van der Waals surface area contributed by atoms with Gasteiger partial charge in [0.25, 0.3) is 0 Å². The second-order valence-corrected chi connectivity index (χ2v) is 6.20. The number of halogens is 1. The van der Waals surface area contributed by atoms with Gasteiger partial charge in [-0.25, -0.2) is 4.79 Å². The second kappa shape index (κ2) is 6.84. The number of ether oxygens (including phenoxy) is 1. The fourth-order valence-corrected chi connectivity index (χ4v) is 2.68. The van der Waals surface area contributed by atoms with Crippen LogP contribution < -0.4 is 4.74 Å². The first-order chi connectivity index (χ1) is 11.1. The number of carboxylic acids is 1. The molecule has 116 valence electrons. The van der Waals surface area contributed by atoms with Crippen LogP contribution in [0, 0.1) is 0 Å². The van der Waals surface area contributed by atoms with Crippen molar-refractivity contribution in [2.75, 3.05) is 0 Å². The number of rotatable bonds is 5. The molecule has 0 saturated heterocycles. The van der Waals surface area contributed by atoms with E-state index in [1.165, 1.54) is 0 Å². The Morgan fingerprint density at radius 2 is 1.70 bits per heavy atom. The number of aliphatic carboxylic acids is 1. The zero-order chi connectivity index (χ0) is 16.2. The number of fused-ring (bicyclic) bond motifs is 1. The van der Waals surface area contributed by atoms with Crippen LogP contribution in [0.25, 0.3) is 10.8 Å². The lowest BCUT2D eigenvalue weighted by molar-refractivity contribution is -0.145. The van der Waals surface area contributed by atoms with Crippen molar-refractivity contribution in [1.82, 2.24) is 0 Å². The minimum absolute atomic E-state index is 0.315. The highest BCUT2D eigenvalue weighted by Gasteiger charge is 2.20. The van der Waals surface area contributed by atoms with Crippen molar-refractivity contribution in [2.45, 2.75) is 12.5 Å². The molecule has 0 saturated carbocycles. The Hall–Kier alpha value is -2.33. The van der Waals surface area contributed by atoms with E-state index in [0.717, 1.165) is 20.8 Å². The third-order valence-electron chi connectivity index (χ3n) is 3.61. The third-order valence-corrected chi connectivity index (χ3v) is 4.14. The first kappa shape index (κ1) is 15.6. The molecule has 1 N–H and O–H groups in total. The number of carboxylic acid groups (broad SMARTS) is 1. The Bertz CT molecular complexity index is 827. The highest BCUT2D eigenvalue weighted by Crippen LogP contribution is 2.22. The van der Waals surface area contributed by atoms with Crippen LogP contribution in [0.5, 0.6) is 5.75 Å². The molecule has 1 unspecified atom stereocenters. The van der Waals surface area contributed by atoms with Crippen LogP contribution in [-0.4, -0.2) is 17.2 Å². The number of hydrogen-bond donors (Lipinski definition) is 1. The van der Waals surface area contributed by atoms with Gasteiger partial charge in [0, 0.05) is 10.9 Å². The summed E-state index contributed by atoms with van der Waals surface area (Å²) in [6.07, 6.45) is -0.604. The Kier molecular flexibility index (Phi) is 4.63. The lowest BCUT2D eigenvalue weighted by Gasteiger charge is -2.16. The van der Waals surface area contributed by atoms with Gasteiger partial charge in [-0.1, -0.05) is 58.4 Å². The van der Waals surface area contributed by atoms with Crippen molar-refractivity contribution in [3.05, 3.63) is 76.8 Å². The van der Waals surface area contributed by atoms with Gasteiger partial charge < -0.3 is 9.84 Å². The lowest BCUT2D eigenvalue weighted by atomic mass is 10.1. The SMILES string of the molecule is O=C(O)C(Cc1ccc(Br)cc1)Oc1ccc2ccccc2c1. The van der Waals surface area contributed by atoms with Crippen LogP contribution in [0.3, 0.4) is 0 Å². The Balaban J connectivity index is 1.80. The summed E-state index contributed by atoms with van der Waals surface area (Å²) in [5.41, 5.74) is 0.918. The molecule has 3 nitrogen and oxygen atoms in total. The van der Waals surface area contributed by atoms with Gasteiger partial charge in [0.05, 0.1) is 0 Å². The highest BCUT2D eigenvalue weighted by molar-refractivity contribution is 9.10. The predicted octanol–water partition coefficient (Wildman–Crippen LogP) is 4.68. The fraction of sp³-hybridized carbons (Fsp3) is 0.105. The van der Waals surface area contributed by atoms with E-state index in [0.29, 0.717) is 12.2 Å². The lowest BCUT2D eigenvalue weighted by Crippen LogP contribution is -2.29. The molecule has 3 aromatic rings. The van der Waals surface area contributed by atoms with E-state index in [4.69, 9.17) is 4.74 Å². The summed E-state index contributed by atoms with van der Waals surface area (Å²) in [5.74, 6) is -0.408. The molecule has 1 atom stereocenters. The molecule has 3 rings (SSSR count). The normalized spacial score (nSPS) is 12.0. The molecular weight excluding hydrogens is 356 g/mol. The van der Waals surface area contributed by atoms with Gasteiger partial charge in [-0.05, 0) is 40.6 Å². The molecule has 3 aromatic carbocycles. The van der Waals surface area contributed by atoms with E-state index in [-0.39, 0.29) is 0 Å². The summed E-state index contributed by atoms with van der Waals surface area (Å²) < 4.78 is 6.67. The molecule has 0 amide bonds. The van der Waals surface area contributed by atoms with E-state index < -0.39 is 12.1 Å². The molecule has 0 aliphatic carbocycles. The highest BCUT2D eigenvalue weighted by atomic mass is 79.9. The number of hydrogen-bond acceptors (Lipinski definition) is 2. The van der Waals surface area contributed by atoms with Crippen molar-refractivity contribution >= 4 is 32.7 Å². The Labute approximate surface area is 142 Å². The first-order valence-electron chi connectivity index (χ1n) is 7.24. The van der Waals surface area contributed by atoms with E-state index in [2.05, 4.69) is 15.9 Å². The van der Waals surface area contributed by atoms with Gasteiger partial charge in [-0.3, -0.25) is 0 Å². The maximum absolute atomic E-state index is 11.5. The summed E-state index contributed by atoms with van der Waals surface area (Å²) in [7, 11) is 0. The monoisotopic (exact) mass is 370 g/mol. The van der Waals surface area contributed by atoms with Crippen molar-refractivity contribution in [2.24, 2.45) is 0 Å². The summed E-state index contributed by atoms with van der Waals surface area (Å²) in [4.78, 5) is 11.5. The van der Waals surface area contributed by atoms with Gasteiger partial charge in [0.2, 0.25) is 0 Å². The summed E-state index contributed by atoms with van der Waals surface area (Å²) >= 11 is 3.37. The standard InChI is InChI=1S/C19H15BrO3/c20-16-8-5-13(6-9-16)11-18(19(21)22)23-17-10-7-14-3-1-2-4-15(14)12-17/h1-10,12,18H,11H2,(H,21,22). The van der Waals surface area contributed by atoms with Gasteiger partial charge in [0.15, 0.2) is 6.10 Å². The molecule has 0 fully saturated rings. The van der Waals surface area contributed by atoms with E-state index in [9.17, 15) is 9.90 Å². The van der Waals surface area contributed by atoms with Crippen molar-refractivity contribution in [3.63, 3.8) is 0 Å². The molecule has 0 aromatic heterocycles. The molecule has 0 spiro atoms. The minimum atomic E-state index is -0.971. The molecule has 23 heavy (non-hydrogen) atoms. The molecule has 4 heteroatoms.